The Morgan fingerprint density at radius 3 is 1.81 bits per heavy atom. The highest BCUT2D eigenvalue weighted by atomic mass is 31.1. The molecule has 1 aromatic heterocycles. The lowest BCUT2D eigenvalue weighted by atomic mass is 9.92. The van der Waals surface area contributed by atoms with Gasteiger partial charge in [0, 0.05) is 21.8 Å². The maximum absolute atomic E-state index is 2.58. The molecule has 0 amide bonds. The van der Waals surface area contributed by atoms with Gasteiger partial charge in [0.2, 0.25) is 0 Å². The van der Waals surface area contributed by atoms with E-state index in [1.54, 1.807) is 0 Å². The van der Waals surface area contributed by atoms with Gasteiger partial charge in [0.05, 0.1) is 5.78 Å². The Labute approximate surface area is 129 Å². The minimum Gasteiger partial charge on any atom is -0.333 e. The SMILES string of the molecule is CPC(CC(C)(C)C)n1c2ccccc2c2ccccc21. The third-order valence-corrected chi connectivity index (χ3v) is 5.20. The smallest absolute Gasteiger partial charge is 0.0510 e. The summed E-state index contributed by atoms with van der Waals surface area (Å²) in [6, 6.07) is 17.6. The Bertz CT molecular complexity index is 711. The van der Waals surface area contributed by atoms with Crippen LogP contribution >= 0.6 is 8.58 Å². The first kappa shape index (κ1) is 14.6. The Hall–Kier alpha value is -1.33. The average Bonchev–Trinajstić information content (AvgIpc) is 2.79. The van der Waals surface area contributed by atoms with Crippen LogP contribution in [0.5, 0.6) is 0 Å². The van der Waals surface area contributed by atoms with Crippen molar-refractivity contribution in [3.05, 3.63) is 48.5 Å². The quantitative estimate of drug-likeness (QED) is 0.519. The van der Waals surface area contributed by atoms with Gasteiger partial charge in [-0.1, -0.05) is 57.2 Å². The molecule has 2 unspecified atom stereocenters. The van der Waals surface area contributed by atoms with Crippen LogP contribution in [0.4, 0.5) is 0 Å². The lowest BCUT2D eigenvalue weighted by Crippen LogP contribution is -2.14. The Morgan fingerprint density at radius 2 is 1.38 bits per heavy atom. The van der Waals surface area contributed by atoms with Crippen molar-refractivity contribution in [2.75, 3.05) is 6.66 Å². The molecule has 3 aromatic rings. The maximum Gasteiger partial charge on any atom is 0.0510 e. The van der Waals surface area contributed by atoms with Crippen LogP contribution in [-0.2, 0) is 0 Å². The van der Waals surface area contributed by atoms with Crippen LogP contribution in [0, 0.1) is 5.41 Å². The highest BCUT2D eigenvalue weighted by Gasteiger charge is 2.22. The van der Waals surface area contributed by atoms with Gasteiger partial charge in [0.15, 0.2) is 0 Å². The van der Waals surface area contributed by atoms with Gasteiger partial charge in [-0.2, -0.15) is 0 Å². The fourth-order valence-corrected chi connectivity index (χ4v) is 4.54. The molecule has 2 heteroatoms. The zero-order valence-electron chi connectivity index (χ0n) is 13.4. The summed E-state index contributed by atoms with van der Waals surface area (Å²) in [4.78, 5) is 0. The van der Waals surface area contributed by atoms with E-state index < -0.39 is 0 Å². The summed E-state index contributed by atoms with van der Waals surface area (Å²) < 4.78 is 2.58. The van der Waals surface area contributed by atoms with E-state index in [1.165, 1.54) is 28.2 Å². The molecule has 110 valence electrons. The van der Waals surface area contributed by atoms with E-state index >= 15 is 0 Å². The molecule has 0 saturated carbocycles. The normalized spacial score (nSPS) is 14.5. The highest BCUT2D eigenvalue weighted by Crippen LogP contribution is 2.42. The molecule has 0 aliphatic carbocycles. The molecule has 0 fully saturated rings. The third-order valence-electron chi connectivity index (χ3n) is 4.07. The number of rotatable bonds is 3. The van der Waals surface area contributed by atoms with Crippen molar-refractivity contribution in [1.29, 1.82) is 0 Å². The zero-order valence-corrected chi connectivity index (χ0v) is 14.4. The van der Waals surface area contributed by atoms with Gasteiger partial charge >= 0.3 is 0 Å². The number of aromatic nitrogens is 1. The second-order valence-electron chi connectivity index (χ2n) is 6.97. The van der Waals surface area contributed by atoms with E-state index in [0.29, 0.717) is 11.2 Å². The Kier molecular flexibility index (Phi) is 3.80. The molecule has 0 bridgehead atoms. The van der Waals surface area contributed by atoms with Crippen LogP contribution < -0.4 is 0 Å². The molecule has 2 atom stereocenters. The minimum atomic E-state index is 0.347. The topological polar surface area (TPSA) is 4.93 Å². The summed E-state index contributed by atoms with van der Waals surface area (Å²) in [5.41, 5.74) is 3.10. The van der Waals surface area contributed by atoms with E-state index in [-0.39, 0.29) is 0 Å². The first-order valence-electron chi connectivity index (χ1n) is 7.66. The lowest BCUT2D eigenvalue weighted by Gasteiger charge is -2.27. The van der Waals surface area contributed by atoms with Crippen molar-refractivity contribution in [1.82, 2.24) is 4.57 Å². The molecule has 0 aliphatic heterocycles. The minimum absolute atomic E-state index is 0.347. The van der Waals surface area contributed by atoms with Crippen molar-refractivity contribution >= 4 is 30.4 Å². The molecule has 21 heavy (non-hydrogen) atoms. The molecular formula is C19H24NP. The fraction of sp³-hybridized carbons (Fsp3) is 0.368. The molecule has 0 aliphatic rings. The van der Waals surface area contributed by atoms with Crippen molar-refractivity contribution in [3.63, 3.8) is 0 Å². The van der Waals surface area contributed by atoms with Crippen LogP contribution in [0.2, 0.25) is 0 Å². The van der Waals surface area contributed by atoms with Gasteiger partial charge < -0.3 is 4.57 Å². The standard InChI is InChI=1S/C19H24NP/c1-19(2,3)13-18(21-4)20-16-11-7-5-9-14(16)15-10-6-8-12-17(15)20/h5-12,18,21H,13H2,1-4H3. The molecule has 0 saturated heterocycles. The van der Waals surface area contributed by atoms with E-state index in [9.17, 15) is 0 Å². The summed E-state index contributed by atoms with van der Waals surface area (Å²) >= 11 is 0. The van der Waals surface area contributed by atoms with Gasteiger partial charge in [-0.3, -0.25) is 0 Å². The van der Waals surface area contributed by atoms with Crippen LogP contribution in [-0.4, -0.2) is 11.2 Å². The van der Waals surface area contributed by atoms with Gasteiger partial charge in [-0.25, -0.2) is 0 Å². The van der Waals surface area contributed by atoms with Crippen molar-refractivity contribution in [3.8, 4) is 0 Å². The van der Waals surface area contributed by atoms with E-state index in [4.69, 9.17) is 0 Å². The number of hydrogen-bond acceptors (Lipinski definition) is 0. The molecule has 1 heterocycles. The van der Waals surface area contributed by atoms with Gasteiger partial charge in [-0.05, 0) is 30.6 Å². The Morgan fingerprint density at radius 1 is 0.905 bits per heavy atom. The fourth-order valence-electron chi connectivity index (χ4n) is 3.19. The monoisotopic (exact) mass is 297 g/mol. The molecule has 2 aromatic carbocycles. The largest absolute Gasteiger partial charge is 0.333 e. The predicted octanol–water partition coefficient (Wildman–Crippen LogP) is 6.04. The summed E-state index contributed by atoms with van der Waals surface area (Å²) in [5.74, 6) is 0.579. The second-order valence-corrected chi connectivity index (χ2v) is 8.22. The van der Waals surface area contributed by atoms with Crippen molar-refractivity contribution in [2.45, 2.75) is 33.0 Å². The van der Waals surface area contributed by atoms with Gasteiger partial charge in [0.1, 0.15) is 0 Å². The molecule has 1 nitrogen and oxygen atoms in total. The van der Waals surface area contributed by atoms with Crippen LogP contribution in [0.15, 0.2) is 48.5 Å². The summed E-state index contributed by atoms with van der Waals surface area (Å²) in [6.45, 7) is 9.36. The third kappa shape index (κ3) is 2.72. The number of fused-ring (bicyclic) bond motifs is 3. The molecule has 0 radical (unpaired) electrons. The van der Waals surface area contributed by atoms with Gasteiger partial charge in [0.25, 0.3) is 0 Å². The Balaban J connectivity index is 2.28. The first-order valence-corrected chi connectivity index (χ1v) is 9.24. The van der Waals surface area contributed by atoms with E-state index in [2.05, 4.69) is 80.5 Å². The maximum atomic E-state index is 2.58. The summed E-state index contributed by atoms with van der Waals surface area (Å²) in [6.07, 6.45) is 1.21. The van der Waals surface area contributed by atoms with Crippen molar-refractivity contribution < 1.29 is 0 Å². The number of nitrogens with zero attached hydrogens (tertiary/aromatic N) is 1. The highest BCUT2D eigenvalue weighted by molar-refractivity contribution is 7.37. The summed E-state index contributed by atoms with van der Waals surface area (Å²) in [5, 5.41) is 2.76. The first-order chi connectivity index (χ1) is 10.0. The van der Waals surface area contributed by atoms with Crippen LogP contribution in [0.25, 0.3) is 21.8 Å². The second kappa shape index (κ2) is 5.46. The van der Waals surface area contributed by atoms with Crippen LogP contribution in [0.1, 0.15) is 33.0 Å². The lowest BCUT2D eigenvalue weighted by molar-refractivity contribution is 0.349. The van der Waals surface area contributed by atoms with Crippen molar-refractivity contribution in [2.24, 2.45) is 5.41 Å². The zero-order chi connectivity index (χ0) is 15.0. The number of benzene rings is 2. The molecule has 3 rings (SSSR count). The van der Waals surface area contributed by atoms with E-state index in [0.717, 1.165) is 8.58 Å². The molecule has 0 spiro atoms. The predicted molar refractivity (Wildman–Crippen MR) is 96.8 cm³/mol. The molecular weight excluding hydrogens is 273 g/mol. The van der Waals surface area contributed by atoms with E-state index in [1.807, 2.05) is 0 Å². The van der Waals surface area contributed by atoms with Crippen LogP contribution in [0.3, 0.4) is 0 Å². The number of para-hydroxylation sites is 2. The molecule has 0 N–H and O–H groups in total. The summed E-state index contributed by atoms with van der Waals surface area (Å²) in [7, 11) is 0.906. The number of hydrogen-bond donors (Lipinski definition) is 0. The van der Waals surface area contributed by atoms with Gasteiger partial charge in [-0.15, -0.1) is 8.58 Å². The average molecular weight is 297 g/mol.